The van der Waals surface area contributed by atoms with Gasteiger partial charge in [-0.25, -0.2) is 8.42 Å². The smallest absolute Gasteiger partial charge is 0.265 e. The number of carbonyl (C=O) groups is 1. The lowest BCUT2D eigenvalue weighted by molar-refractivity contribution is -0.121. The molecule has 0 bridgehead atoms. The first-order valence-electron chi connectivity index (χ1n) is 7.60. The number of amides is 1. The molecule has 1 aromatic heterocycles. The molecule has 11 heteroatoms. The number of carbonyl (C=O) groups excluding carboxylic acids is 1. The van der Waals surface area contributed by atoms with Gasteiger partial charge in [-0.15, -0.1) is 5.10 Å². The van der Waals surface area contributed by atoms with E-state index in [1.165, 1.54) is 25.3 Å². The Balaban J connectivity index is 1.75. The Morgan fingerprint density at radius 3 is 2.74 bits per heavy atom. The number of methoxy groups -OCH3 is 1. The Labute approximate surface area is 159 Å². The maximum Gasteiger partial charge on any atom is 0.265 e. The quantitative estimate of drug-likeness (QED) is 0.656. The van der Waals surface area contributed by atoms with Gasteiger partial charge >= 0.3 is 0 Å². The van der Waals surface area contributed by atoms with Crippen molar-refractivity contribution in [3.8, 4) is 5.75 Å². The van der Waals surface area contributed by atoms with Gasteiger partial charge in [-0.2, -0.15) is 0 Å². The molecule has 1 heterocycles. The highest BCUT2D eigenvalue weighted by atomic mass is 35.5. The summed E-state index contributed by atoms with van der Waals surface area (Å²) in [5, 5.41) is 10.7. The average molecular weight is 411 g/mol. The third-order valence-electron chi connectivity index (χ3n) is 3.57. The van der Waals surface area contributed by atoms with Gasteiger partial charge in [0.1, 0.15) is 16.8 Å². The van der Waals surface area contributed by atoms with E-state index < -0.39 is 22.4 Å². The van der Waals surface area contributed by atoms with Crippen LogP contribution in [0.15, 0.2) is 41.3 Å². The highest BCUT2D eigenvalue weighted by molar-refractivity contribution is 7.90. The highest BCUT2D eigenvalue weighted by Gasteiger charge is 2.14. The Kier molecular flexibility index (Phi) is 5.19. The molecule has 0 unspecified atom stereocenters. The number of anilines is 1. The standard InChI is InChI=1S/C16H15ClN4O5S/c1-25-15-6-3-10(17)7-13(15)18-16(22)9-26-21-14-8-11(27(2,23)24)4-5-12(14)19-20-21/h3-8H,9H2,1-2H3,(H,18,22). The Morgan fingerprint density at radius 1 is 1.26 bits per heavy atom. The number of sulfone groups is 1. The number of aromatic nitrogens is 3. The summed E-state index contributed by atoms with van der Waals surface area (Å²) in [6, 6.07) is 9.11. The first-order chi connectivity index (χ1) is 12.8. The predicted molar refractivity (Wildman–Crippen MR) is 98.7 cm³/mol. The van der Waals surface area contributed by atoms with Crippen molar-refractivity contribution in [1.82, 2.24) is 15.2 Å². The SMILES string of the molecule is COc1ccc(Cl)cc1NC(=O)COn1nnc2ccc(S(C)(=O)=O)cc21. The molecule has 1 N–H and O–H groups in total. The maximum atomic E-state index is 12.2. The van der Waals surface area contributed by atoms with Crippen molar-refractivity contribution in [2.45, 2.75) is 4.90 Å². The van der Waals surface area contributed by atoms with Crippen LogP contribution in [0.1, 0.15) is 0 Å². The van der Waals surface area contributed by atoms with Gasteiger partial charge in [0.25, 0.3) is 5.91 Å². The van der Waals surface area contributed by atoms with Gasteiger partial charge in [-0.05, 0) is 41.6 Å². The molecule has 0 aliphatic carbocycles. The van der Waals surface area contributed by atoms with Gasteiger partial charge in [0.15, 0.2) is 16.4 Å². The van der Waals surface area contributed by atoms with Crippen LogP contribution in [0.5, 0.6) is 5.75 Å². The van der Waals surface area contributed by atoms with E-state index in [1.54, 1.807) is 18.2 Å². The molecule has 0 aliphatic rings. The summed E-state index contributed by atoms with van der Waals surface area (Å²) in [6.45, 7) is -0.392. The molecule has 0 saturated carbocycles. The minimum Gasteiger partial charge on any atom is -0.495 e. The second kappa shape index (κ2) is 7.41. The number of hydrogen-bond donors (Lipinski definition) is 1. The van der Waals surface area contributed by atoms with E-state index in [0.29, 0.717) is 27.5 Å². The van der Waals surface area contributed by atoms with Crippen LogP contribution in [0.3, 0.4) is 0 Å². The van der Waals surface area contributed by atoms with Crippen molar-refractivity contribution in [3.63, 3.8) is 0 Å². The topological polar surface area (TPSA) is 112 Å². The largest absolute Gasteiger partial charge is 0.495 e. The molecule has 0 spiro atoms. The number of benzene rings is 2. The van der Waals surface area contributed by atoms with Gasteiger partial charge in [-0.1, -0.05) is 16.4 Å². The van der Waals surface area contributed by atoms with E-state index in [9.17, 15) is 13.2 Å². The molecule has 9 nitrogen and oxygen atoms in total. The van der Waals surface area contributed by atoms with E-state index in [1.807, 2.05) is 0 Å². The predicted octanol–water partition coefficient (Wildman–Crippen LogP) is 1.56. The average Bonchev–Trinajstić information content (AvgIpc) is 3.02. The molecule has 27 heavy (non-hydrogen) atoms. The van der Waals surface area contributed by atoms with Crippen LogP contribution in [0.2, 0.25) is 5.02 Å². The summed E-state index contributed by atoms with van der Waals surface area (Å²) >= 11 is 5.92. The van der Waals surface area contributed by atoms with Crippen molar-refractivity contribution in [2.24, 2.45) is 0 Å². The zero-order chi connectivity index (χ0) is 19.6. The lowest BCUT2D eigenvalue weighted by Crippen LogP contribution is -2.26. The van der Waals surface area contributed by atoms with Crippen molar-refractivity contribution in [3.05, 3.63) is 41.4 Å². The second-order valence-corrected chi connectivity index (χ2v) is 8.00. The van der Waals surface area contributed by atoms with Crippen LogP contribution >= 0.6 is 11.6 Å². The Hall–Kier alpha value is -2.85. The molecular weight excluding hydrogens is 396 g/mol. The molecule has 0 aliphatic heterocycles. The van der Waals surface area contributed by atoms with Crippen molar-refractivity contribution in [1.29, 1.82) is 0 Å². The molecule has 0 saturated heterocycles. The molecule has 0 radical (unpaired) electrons. The minimum atomic E-state index is -3.40. The Bertz CT molecular complexity index is 1110. The fourth-order valence-corrected chi connectivity index (χ4v) is 3.10. The molecule has 0 fully saturated rings. The zero-order valence-electron chi connectivity index (χ0n) is 14.3. The second-order valence-electron chi connectivity index (χ2n) is 5.55. The fourth-order valence-electron chi connectivity index (χ4n) is 2.29. The lowest BCUT2D eigenvalue weighted by Gasteiger charge is -2.11. The van der Waals surface area contributed by atoms with Crippen LogP contribution < -0.4 is 14.9 Å². The van der Waals surface area contributed by atoms with E-state index in [4.69, 9.17) is 21.2 Å². The van der Waals surface area contributed by atoms with Crippen molar-refractivity contribution < 1.29 is 22.8 Å². The summed E-state index contributed by atoms with van der Waals surface area (Å²) < 4.78 is 28.5. The fraction of sp³-hybridized carbons (Fsp3) is 0.188. The van der Waals surface area contributed by atoms with Gasteiger partial charge in [0.05, 0.1) is 17.7 Å². The van der Waals surface area contributed by atoms with Gasteiger partial charge in [0, 0.05) is 11.3 Å². The highest BCUT2D eigenvalue weighted by Crippen LogP contribution is 2.27. The zero-order valence-corrected chi connectivity index (χ0v) is 15.9. The number of fused-ring (bicyclic) bond motifs is 1. The van der Waals surface area contributed by atoms with Crippen molar-refractivity contribution >= 4 is 44.1 Å². The first-order valence-corrected chi connectivity index (χ1v) is 9.87. The summed E-state index contributed by atoms with van der Waals surface area (Å²) in [4.78, 5) is 18.6. The van der Waals surface area contributed by atoms with E-state index >= 15 is 0 Å². The molecule has 1 amide bonds. The van der Waals surface area contributed by atoms with E-state index in [2.05, 4.69) is 15.6 Å². The normalized spacial score (nSPS) is 11.4. The van der Waals surface area contributed by atoms with E-state index in [0.717, 1.165) is 11.1 Å². The molecule has 0 atom stereocenters. The van der Waals surface area contributed by atoms with E-state index in [-0.39, 0.29) is 4.90 Å². The third-order valence-corrected chi connectivity index (χ3v) is 4.91. The number of hydrogen-bond acceptors (Lipinski definition) is 7. The summed E-state index contributed by atoms with van der Waals surface area (Å²) in [6.07, 6.45) is 1.09. The third kappa shape index (κ3) is 4.29. The summed E-state index contributed by atoms with van der Waals surface area (Å²) in [5.41, 5.74) is 1.15. The van der Waals surface area contributed by atoms with Gasteiger partial charge < -0.3 is 14.9 Å². The van der Waals surface area contributed by atoms with Crippen LogP contribution in [-0.2, 0) is 14.6 Å². The monoisotopic (exact) mass is 410 g/mol. The van der Waals surface area contributed by atoms with Crippen LogP contribution in [0.25, 0.3) is 11.0 Å². The number of ether oxygens (including phenoxy) is 1. The van der Waals surface area contributed by atoms with Crippen LogP contribution in [0.4, 0.5) is 5.69 Å². The number of nitrogens with one attached hydrogen (secondary N) is 1. The molecule has 3 rings (SSSR count). The van der Waals surface area contributed by atoms with Crippen LogP contribution in [-0.4, -0.2) is 49.5 Å². The molecular formula is C16H15ClN4O5S. The van der Waals surface area contributed by atoms with Crippen molar-refractivity contribution in [2.75, 3.05) is 25.3 Å². The summed E-state index contributed by atoms with van der Waals surface area (Å²) in [5.74, 6) is -0.0461. The minimum absolute atomic E-state index is 0.0928. The number of halogens is 1. The van der Waals surface area contributed by atoms with Crippen LogP contribution in [0, 0.1) is 0 Å². The maximum absolute atomic E-state index is 12.2. The lowest BCUT2D eigenvalue weighted by atomic mass is 10.3. The Morgan fingerprint density at radius 2 is 2.04 bits per heavy atom. The molecule has 142 valence electrons. The molecule has 3 aromatic rings. The number of nitrogens with zero attached hydrogens (tertiary/aromatic N) is 3. The molecule has 2 aromatic carbocycles. The van der Waals surface area contributed by atoms with Gasteiger partial charge in [-0.3, -0.25) is 4.79 Å². The van der Waals surface area contributed by atoms with Gasteiger partial charge in [0.2, 0.25) is 0 Å². The first kappa shape index (κ1) is 18.9. The summed E-state index contributed by atoms with van der Waals surface area (Å²) in [7, 11) is -1.93. The number of rotatable bonds is 6.